The van der Waals surface area contributed by atoms with Crippen molar-refractivity contribution in [3.8, 4) is 0 Å². The lowest BCUT2D eigenvalue weighted by atomic mass is 9.90. The first-order chi connectivity index (χ1) is 10.2. The number of ether oxygens (including phenoxy) is 1. The molecule has 0 saturated heterocycles. The zero-order valence-electron chi connectivity index (χ0n) is 13.7. The average molecular weight is 289 g/mol. The van der Waals surface area contributed by atoms with Crippen LogP contribution in [0.25, 0.3) is 0 Å². The van der Waals surface area contributed by atoms with Gasteiger partial charge in [0.2, 0.25) is 0 Å². The number of nitrogens with one attached hydrogen (secondary N) is 1. The third-order valence-corrected chi connectivity index (χ3v) is 4.25. The second-order valence-electron chi connectivity index (χ2n) is 6.86. The van der Waals surface area contributed by atoms with Crippen LogP contribution in [0.2, 0.25) is 0 Å². The van der Waals surface area contributed by atoms with E-state index in [1.807, 2.05) is 0 Å². The molecule has 0 aliphatic heterocycles. The molecule has 1 saturated carbocycles. The van der Waals surface area contributed by atoms with Crippen LogP contribution >= 0.6 is 0 Å². The molecular weight excluding hydrogens is 258 g/mol. The minimum atomic E-state index is 0.706. The van der Waals surface area contributed by atoms with Crippen molar-refractivity contribution < 1.29 is 4.74 Å². The lowest BCUT2D eigenvalue weighted by molar-refractivity contribution is 0.0739. The Balaban J connectivity index is 1.64. The smallest absolute Gasteiger partial charge is 0.0717 e. The molecule has 1 aromatic rings. The number of benzene rings is 1. The summed E-state index contributed by atoms with van der Waals surface area (Å²) >= 11 is 0. The minimum absolute atomic E-state index is 0.706. The number of hydrogen-bond donors (Lipinski definition) is 1. The fraction of sp³-hybridized carbons (Fsp3) is 0.684. The highest BCUT2D eigenvalue weighted by atomic mass is 16.5. The predicted molar refractivity (Wildman–Crippen MR) is 89.2 cm³/mol. The molecule has 0 unspecified atom stereocenters. The van der Waals surface area contributed by atoms with Crippen LogP contribution < -0.4 is 5.32 Å². The van der Waals surface area contributed by atoms with Crippen LogP contribution in [0.3, 0.4) is 0 Å². The van der Waals surface area contributed by atoms with Gasteiger partial charge in [-0.15, -0.1) is 0 Å². The van der Waals surface area contributed by atoms with Gasteiger partial charge in [-0.05, 0) is 42.3 Å². The normalized spacial score (nSPS) is 16.5. The summed E-state index contributed by atoms with van der Waals surface area (Å²) in [6, 6.07) is 8.83. The van der Waals surface area contributed by atoms with Gasteiger partial charge in [0.05, 0.1) is 6.61 Å². The van der Waals surface area contributed by atoms with Gasteiger partial charge in [0.25, 0.3) is 0 Å². The van der Waals surface area contributed by atoms with Crippen molar-refractivity contribution in [1.29, 1.82) is 0 Å². The van der Waals surface area contributed by atoms with E-state index in [1.165, 1.54) is 43.2 Å². The first-order valence-electron chi connectivity index (χ1n) is 8.60. The molecule has 2 heteroatoms. The molecule has 0 bridgehead atoms. The number of hydrogen-bond acceptors (Lipinski definition) is 2. The molecule has 0 heterocycles. The van der Waals surface area contributed by atoms with Crippen molar-refractivity contribution in [2.45, 2.75) is 59.1 Å². The lowest BCUT2D eigenvalue weighted by Gasteiger charge is -2.21. The maximum atomic E-state index is 5.90. The van der Waals surface area contributed by atoms with Gasteiger partial charge in [0.1, 0.15) is 0 Å². The molecule has 0 atom stereocenters. The third kappa shape index (κ3) is 6.62. The minimum Gasteiger partial charge on any atom is -0.376 e. The van der Waals surface area contributed by atoms with Crippen LogP contribution in [0, 0.1) is 11.8 Å². The molecule has 0 spiro atoms. The van der Waals surface area contributed by atoms with Crippen LogP contribution in [0.1, 0.15) is 57.1 Å². The largest absolute Gasteiger partial charge is 0.376 e. The van der Waals surface area contributed by atoms with Gasteiger partial charge in [0, 0.05) is 13.2 Å². The Kier molecular flexibility index (Phi) is 7.25. The van der Waals surface area contributed by atoms with Crippen LogP contribution in [-0.2, 0) is 17.9 Å². The highest BCUT2D eigenvalue weighted by Crippen LogP contribution is 2.23. The van der Waals surface area contributed by atoms with Crippen molar-refractivity contribution >= 4 is 0 Å². The van der Waals surface area contributed by atoms with Gasteiger partial charge in [-0.3, -0.25) is 0 Å². The summed E-state index contributed by atoms with van der Waals surface area (Å²) in [5.41, 5.74) is 2.64. The summed E-state index contributed by atoms with van der Waals surface area (Å²) in [6.07, 6.45) is 6.93. The average Bonchev–Trinajstić information content (AvgIpc) is 2.50. The molecule has 0 amide bonds. The lowest BCUT2D eigenvalue weighted by Crippen LogP contribution is -2.18. The van der Waals surface area contributed by atoms with Crippen LogP contribution in [0.15, 0.2) is 24.3 Å². The molecule has 1 aromatic carbocycles. The first kappa shape index (κ1) is 16.5. The van der Waals surface area contributed by atoms with E-state index in [9.17, 15) is 0 Å². The molecule has 0 aromatic heterocycles. The van der Waals surface area contributed by atoms with Crippen molar-refractivity contribution in [1.82, 2.24) is 5.32 Å². The second kappa shape index (κ2) is 9.22. The van der Waals surface area contributed by atoms with Crippen molar-refractivity contribution in [2.75, 3.05) is 13.2 Å². The Morgan fingerprint density at radius 1 is 1.05 bits per heavy atom. The molecule has 118 valence electrons. The molecular formula is C19H31NO. The second-order valence-corrected chi connectivity index (χ2v) is 6.86. The first-order valence-corrected chi connectivity index (χ1v) is 8.60. The molecule has 1 fully saturated rings. The standard InChI is InChI=1S/C19H31NO/c1-16(2)12-20-13-17-8-10-19(11-9-17)15-21-14-18-6-4-3-5-7-18/h8-11,16,18,20H,3-7,12-15H2,1-2H3. The predicted octanol–water partition coefficient (Wildman–Crippen LogP) is 4.53. The summed E-state index contributed by atoms with van der Waals surface area (Å²) < 4.78 is 5.90. The highest BCUT2D eigenvalue weighted by Gasteiger charge is 2.13. The van der Waals surface area contributed by atoms with Crippen LogP contribution in [0.5, 0.6) is 0 Å². The molecule has 1 aliphatic rings. The Bertz CT molecular complexity index is 379. The topological polar surface area (TPSA) is 21.3 Å². The van der Waals surface area contributed by atoms with Gasteiger partial charge in [-0.1, -0.05) is 57.4 Å². The Hall–Kier alpha value is -0.860. The summed E-state index contributed by atoms with van der Waals surface area (Å²) in [5.74, 6) is 1.51. The highest BCUT2D eigenvalue weighted by molar-refractivity contribution is 5.21. The van der Waals surface area contributed by atoms with Gasteiger partial charge in [-0.2, -0.15) is 0 Å². The molecule has 21 heavy (non-hydrogen) atoms. The number of rotatable bonds is 8. The Labute approximate surface area is 130 Å². The Morgan fingerprint density at radius 3 is 2.38 bits per heavy atom. The Morgan fingerprint density at radius 2 is 1.71 bits per heavy atom. The maximum Gasteiger partial charge on any atom is 0.0717 e. The van der Waals surface area contributed by atoms with Crippen molar-refractivity contribution in [2.24, 2.45) is 11.8 Å². The summed E-state index contributed by atoms with van der Waals surface area (Å²) in [6.45, 7) is 8.21. The van der Waals surface area contributed by atoms with E-state index in [0.29, 0.717) is 5.92 Å². The van der Waals surface area contributed by atoms with Crippen LogP contribution in [0.4, 0.5) is 0 Å². The van der Waals surface area contributed by atoms with Crippen LogP contribution in [-0.4, -0.2) is 13.2 Å². The van der Waals surface area contributed by atoms with Gasteiger partial charge in [-0.25, -0.2) is 0 Å². The zero-order valence-corrected chi connectivity index (χ0v) is 13.7. The maximum absolute atomic E-state index is 5.90. The summed E-state index contributed by atoms with van der Waals surface area (Å²) in [4.78, 5) is 0. The molecule has 0 radical (unpaired) electrons. The molecule has 2 rings (SSSR count). The van der Waals surface area contributed by atoms with E-state index in [4.69, 9.17) is 4.74 Å². The van der Waals surface area contributed by atoms with E-state index < -0.39 is 0 Å². The summed E-state index contributed by atoms with van der Waals surface area (Å²) in [7, 11) is 0. The van der Waals surface area contributed by atoms with E-state index in [-0.39, 0.29) is 0 Å². The fourth-order valence-corrected chi connectivity index (χ4v) is 2.96. The van der Waals surface area contributed by atoms with E-state index in [1.54, 1.807) is 0 Å². The summed E-state index contributed by atoms with van der Waals surface area (Å²) in [5, 5.41) is 3.48. The zero-order chi connectivity index (χ0) is 14.9. The third-order valence-electron chi connectivity index (χ3n) is 4.25. The van der Waals surface area contributed by atoms with Gasteiger partial charge < -0.3 is 10.1 Å². The monoisotopic (exact) mass is 289 g/mol. The van der Waals surface area contributed by atoms with E-state index in [0.717, 1.165) is 32.2 Å². The molecule has 1 aliphatic carbocycles. The van der Waals surface area contributed by atoms with Gasteiger partial charge in [0.15, 0.2) is 0 Å². The quantitative estimate of drug-likeness (QED) is 0.759. The van der Waals surface area contributed by atoms with Crippen molar-refractivity contribution in [3.63, 3.8) is 0 Å². The fourth-order valence-electron chi connectivity index (χ4n) is 2.96. The molecule has 2 nitrogen and oxygen atoms in total. The van der Waals surface area contributed by atoms with Gasteiger partial charge >= 0.3 is 0 Å². The van der Waals surface area contributed by atoms with E-state index in [2.05, 4.69) is 43.4 Å². The van der Waals surface area contributed by atoms with Crippen molar-refractivity contribution in [3.05, 3.63) is 35.4 Å². The van der Waals surface area contributed by atoms with E-state index >= 15 is 0 Å². The molecule has 1 N–H and O–H groups in total. The SMILES string of the molecule is CC(C)CNCc1ccc(COCC2CCCCC2)cc1.